The number of nitrogens with one attached hydrogen (secondary N) is 1. The van der Waals surface area contributed by atoms with Gasteiger partial charge >= 0.3 is 0 Å². The maximum Gasteiger partial charge on any atom is 0.225 e. The van der Waals surface area contributed by atoms with E-state index in [1.54, 1.807) is 0 Å². The van der Waals surface area contributed by atoms with Gasteiger partial charge in [-0.1, -0.05) is 13.8 Å². The zero-order valence-electron chi connectivity index (χ0n) is 10.8. The first-order valence-corrected chi connectivity index (χ1v) is 6.51. The molecule has 1 aliphatic rings. The van der Waals surface area contributed by atoms with Gasteiger partial charge < -0.3 is 10.2 Å². The van der Waals surface area contributed by atoms with Gasteiger partial charge in [0, 0.05) is 31.5 Å². The predicted octanol–water partition coefficient (Wildman–Crippen LogP) is 1.69. The van der Waals surface area contributed by atoms with E-state index in [9.17, 15) is 0 Å². The fourth-order valence-electron chi connectivity index (χ4n) is 2.18. The van der Waals surface area contributed by atoms with Gasteiger partial charge in [-0.05, 0) is 31.4 Å². The third-order valence-electron chi connectivity index (χ3n) is 3.07. The minimum Gasteiger partial charge on any atom is -0.339 e. The first-order valence-electron chi connectivity index (χ1n) is 6.51. The highest BCUT2D eigenvalue weighted by Crippen LogP contribution is 2.15. The third-order valence-corrected chi connectivity index (χ3v) is 3.07. The lowest BCUT2D eigenvalue weighted by atomic mass is 10.1. The van der Waals surface area contributed by atoms with Crippen LogP contribution in [0.3, 0.4) is 0 Å². The van der Waals surface area contributed by atoms with E-state index >= 15 is 0 Å². The Bertz CT molecular complexity index is 325. The maximum absolute atomic E-state index is 4.32. The Balaban J connectivity index is 1.89. The van der Waals surface area contributed by atoms with Crippen LogP contribution >= 0.6 is 0 Å². The Morgan fingerprint density at radius 1 is 1.41 bits per heavy atom. The van der Waals surface area contributed by atoms with Crippen LogP contribution < -0.4 is 10.2 Å². The molecule has 1 aromatic rings. The molecule has 1 unspecified atom stereocenters. The Morgan fingerprint density at radius 2 is 2.18 bits per heavy atom. The van der Waals surface area contributed by atoms with Gasteiger partial charge in [0.1, 0.15) is 0 Å². The van der Waals surface area contributed by atoms with E-state index in [0.717, 1.165) is 25.6 Å². The summed E-state index contributed by atoms with van der Waals surface area (Å²) in [5, 5.41) is 3.62. The minimum atomic E-state index is 0.579. The molecule has 2 heterocycles. The molecule has 1 aromatic heterocycles. The summed E-state index contributed by atoms with van der Waals surface area (Å²) >= 11 is 0. The van der Waals surface area contributed by atoms with Crippen molar-refractivity contribution in [2.45, 2.75) is 32.7 Å². The van der Waals surface area contributed by atoms with E-state index in [4.69, 9.17) is 0 Å². The zero-order chi connectivity index (χ0) is 12.1. The molecule has 0 saturated carbocycles. The number of nitrogens with zero attached hydrogens (tertiary/aromatic N) is 3. The Labute approximate surface area is 103 Å². The zero-order valence-corrected chi connectivity index (χ0v) is 10.8. The summed E-state index contributed by atoms with van der Waals surface area (Å²) in [5.74, 6) is 1.57. The summed E-state index contributed by atoms with van der Waals surface area (Å²) in [7, 11) is 0. The van der Waals surface area contributed by atoms with Crippen LogP contribution in [0, 0.1) is 5.92 Å². The van der Waals surface area contributed by atoms with Crippen molar-refractivity contribution in [1.82, 2.24) is 15.3 Å². The molecule has 0 aliphatic carbocycles. The van der Waals surface area contributed by atoms with Crippen molar-refractivity contribution in [3.8, 4) is 0 Å². The molecule has 0 aromatic carbocycles. The number of anilines is 1. The fourth-order valence-corrected chi connectivity index (χ4v) is 2.18. The third kappa shape index (κ3) is 3.66. The SMILES string of the molecule is CC(C)CNC1CCCN(c2ncccn2)C1. The molecule has 0 radical (unpaired) electrons. The smallest absolute Gasteiger partial charge is 0.225 e. The average Bonchev–Trinajstić information content (AvgIpc) is 2.38. The highest BCUT2D eigenvalue weighted by Gasteiger charge is 2.21. The molecule has 17 heavy (non-hydrogen) atoms. The molecule has 94 valence electrons. The molecule has 1 atom stereocenters. The van der Waals surface area contributed by atoms with Crippen LogP contribution in [0.1, 0.15) is 26.7 Å². The minimum absolute atomic E-state index is 0.579. The van der Waals surface area contributed by atoms with Crippen molar-refractivity contribution in [3.05, 3.63) is 18.5 Å². The molecular weight excluding hydrogens is 212 g/mol. The van der Waals surface area contributed by atoms with Crippen molar-refractivity contribution >= 4 is 5.95 Å². The van der Waals surface area contributed by atoms with Crippen LogP contribution in [-0.2, 0) is 0 Å². The molecule has 0 spiro atoms. The van der Waals surface area contributed by atoms with E-state index < -0.39 is 0 Å². The van der Waals surface area contributed by atoms with Crippen LogP contribution in [0.5, 0.6) is 0 Å². The van der Waals surface area contributed by atoms with Crippen molar-refractivity contribution in [3.63, 3.8) is 0 Å². The monoisotopic (exact) mass is 234 g/mol. The van der Waals surface area contributed by atoms with Gasteiger partial charge in [0.15, 0.2) is 0 Å². The second kappa shape index (κ2) is 5.96. The van der Waals surface area contributed by atoms with Gasteiger partial charge in [0.2, 0.25) is 5.95 Å². The average molecular weight is 234 g/mol. The maximum atomic E-state index is 4.32. The van der Waals surface area contributed by atoms with Gasteiger partial charge in [-0.15, -0.1) is 0 Å². The van der Waals surface area contributed by atoms with Crippen molar-refractivity contribution in [2.24, 2.45) is 5.92 Å². The summed E-state index contributed by atoms with van der Waals surface area (Å²) in [6, 6.07) is 2.44. The summed E-state index contributed by atoms with van der Waals surface area (Å²) in [5.41, 5.74) is 0. The number of aromatic nitrogens is 2. The number of piperidine rings is 1. The lowest BCUT2D eigenvalue weighted by Gasteiger charge is -2.33. The summed E-state index contributed by atoms with van der Waals surface area (Å²) in [6.07, 6.45) is 6.10. The van der Waals surface area contributed by atoms with Crippen molar-refractivity contribution < 1.29 is 0 Å². The molecule has 2 rings (SSSR count). The van der Waals surface area contributed by atoms with Crippen LogP contribution in [0.2, 0.25) is 0 Å². The van der Waals surface area contributed by atoms with Crippen LogP contribution in [-0.4, -0.2) is 35.6 Å². The molecule has 1 fully saturated rings. The molecule has 1 saturated heterocycles. The van der Waals surface area contributed by atoms with Crippen LogP contribution in [0.4, 0.5) is 5.95 Å². The summed E-state index contributed by atoms with van der Waals surface area (Å²) in [6.45, 7) is 7.68. The van der Waals surface area contributed by atoms with E-state index in [1.165, 1.54) is 12.8 Å². The predicted molar refractivity (Wildman–Crippen MR) is 70.1 cm³/mol. The lowest BCUT2D eigenvalue weighted by molar-refractivity contribution is 0.397. The fraction of sp³-hybridized carbons (Fsp3) is 0.692. The van der Waals surface area contributed by atoms with Gasteiger partial charge in [-0.2, -0.15) is 0 Å². The highest BCUT2D eigenvalue weighted by atomic mass is 15.3. The second-order valence-corrected chi connectivity index (χ2v) is 5.14. The molecule has 1 N–H and O–H groups in total. The van der Waals surface area contributed by atoms with Gasteiger partial charge in [-0.25, -0.2) is 9.97 Å². The molecule has 0 bridgehead atoms. The molecule has 4 heteroatoms. The largest absolute Gasteiger partial charge is 0.339 e. The van der Waals surface area contributed by atoms with E-state index in [2.05, 4.69) is 34.0 Å². The highest BCUT2D eigenvalue weighted by molar-refractivity contribution is 5.29. The van der Waals surface area contributed by atoms with Gasteiger partial charge in [0.05, 0.1) is 0 Å². The summed E-state index contributed by atoms with van der Waals surface area (Å²) in [4.78, 5) is 10.9. The first kappa shape index (κ1) is 12.3. The number of hydrogen-bond acceptors (Lipinski definition) is 4. The van der Waals surface area contributed by atoms with Crippen LogP contribution in [0.25, 0.3) is 0 Å². The molecule has 4 nitrogen and oxygen atoms in total. The first-order chi connectivity index (χ1) is 8.25. The quantitative estimate of drug-likeness (QED) is 0.861. The topological polar surface area (TPSA) is 41.0 Å². The van der Waals surface area contributed by atoms with Gasteiger partial charge in [0.25, 0.3) is 0 Å². The summed E-state index contributed by atoms with van der Waals surface area (Å²) < 4.78 is 0. The Morgan fingerprint density at radius 3 is 2.88 bits per heavy atom. The Hall–Kier alpha value is -1.16. The standard InChI is InChI=1S/C13H22N4/c1-11(2)9-16-12-5-3-8-17(10-12)13-14-6-4-7-15-13/h4,6-7,11-12,16H,3,5,8-10H2,1-2H3. The molecular formula is C13H22N4. The normalized spacial score (nSPS) is 20.9. The van der Waals surface area contributed by atoms with Crippen molar-refractivity contribution in [2.75, 3.05) is 24.5 Å². The molecule has 0 amide bonds. The lowest BCUT2D eigenvalue weighted by Crippen LogP contribution is -2.47. The van der Waals surface area contributed by atoms with E-state index in [-0.39, 0.29) is 0 Å². The van der Waals surface area contributed by atoms with E-state index in [0.29, 0.717) is 12.0 Å². The van der Waals surface area contributed by atoms with E-state index in [1.807, 2.05) is 18.5 Å². The molecule has 1 aliphatic heterocycles. The number of hydrogen-bond donors (Lipinski definition) is 1. The van der Waals surface area contributed by atoms with Gasteiger partial charge in [-0.3, -0.25) is 0 Å². The number of rotatable bonds is 4. The second-order valence-electron chi connectivity index (χ2n) is 5.14. The Kier molecular flexibility index (Phi) is 4.31. The van der Waals surface area contributed by atoms with Crippen molar-refractivity contribution in [1.29, 1.82) is 0 Å². The van der Waals surface area contributed by atoms with Crippen LogP contribution in [0.15, 0.2) is 18.5 Å².